The van der Waals surface area contributed by atoms with Gasteiger partial charge in [-0.25, -0.2) is 0 Å². The number of hydrogen-bond donors (Lipinski definition) is 0. The van der Waals surface area contributed by atoms with Crippen LogP contribution in [0.25, 0.3) is 0 Å². The SMILES string of the molecule is [C-]#[O+].[C-]#[O+].[C-]#[O+].[CH]1[CH][CH][CH][CH]1.[W].c1cc[c]([Sn]([c]2ccccc2)[c]2ccccc2)cc1. The Morgan fingerprint density at radius 3 is 0.774 bits per heavy atom. The molecule has 1 saturated carbocycles. The maximum absolute atomic E-state index is 7.50. The summed E-state index contributed by atoms with van der Waals surface area (Å²) in [6.45, 7) is 13.5. The fraction of sp³-hybridized carbons (Fsp3) is 0. The molecule has 3 nitrogen and oxygen atoms in total. The molecule has 0 atom stereocenters. The molecule has 1 fully saturated rings. The summed E-state index contributed by atoms with van der Waals surface area (Å²) >= 11 is -1.98. The van der Waals surface area contributed by atoms with E-state index in [1.807, 2.05) is 32.1 Å². The second kappa shape index (κ2) is 23.0. The van der Waals surface area contributed by atoms with Gasteiger partial charge in [-0.15, -0.1) is 0 Å². The van der Waals surface area contributed by atoms with E-state index in [4.69, 9.17) is 14.0 Å². The third-order valence-electron chi connectivity index (χ3n) is 3.74. The van der Waals surface area contributed by atoms with Crippen LogP contribution in [0.5, 0.6) is 0 Å². The molecule has 4 rings (SSSR count). The molecule has 0 amide bonds. The predicted octanol–water partition coefficient (Wildman–Crippen LogP) is 3.11. The summed E-state index contributed by atoms with van der Waals surface area (Å²) in [6.07, 6.45) is 10.0. The van der Waals surface area contributed by atoms with Crippen molar-refractivity contribution in [3.63, 3.8) is 0 Å². The summed E-state index contributed by atoms with van der Waals surface area (Å²) in [5, 5.41) is 0. The normalized spacial score (nSPS) is 10.5. The third-order valence-corrected chi connectivity index (χ3v) is 11.5. The molecule has 0 bridgehead atoms. The van der Waals surface area contributed by atoms with E-state index in [1.54, 1.807) is 0 Å². The molecule has 1 aliphatic rings. The number of benzene rings is 3. The molecular formula is C26H20O3SnW. The molecule has 3 aromatic carbocycles. The predicted molar refractivity (Wildman–Crippen MR) is 117 cm³/mol. The van der Waals surface area contributed by atoms with Gasteiger partial charge in [0.25, 0.3) is 0 Å². The average molecular weight is 683 g/mol. The van der Waals surface area contributed by atoms with Gasteiger partial charge in [-0.2, -0.15) is 0 Å². The van der Waals surface area contributed by atoms with Crippen molar-refractivity contribution < 1.29 is 35.0 Å². The minimum atomic E-state index is -1.98. The van der Waals surface area contributed by atoms with E-state index in [-0.39, 0.29) is 21.1 Å². The Morgan fingerprint density at radius 2 is 0.581 bits per heavy atom. The molecule has 0 heterocycles. The molecule has 0 N–H and O–H groups in total. The van der Waals surface area contributed by atoms with Crippen LogP contribution in [-0.4, -0.2) is 19.8 Å². The van der Waals surface area contributed by atoms with Crippen molar-refractivity contribution in [1.29, 1.82) is 0 Å². The Hall–Kier alpha value is -1.63. The monoisotopic (exact) mass is 684 g/mol. The molecule has 0 unspecified atom stereocenters. The van der Waals surface area contributed by atoms with Gasteiger partial charge in [0.1, 0.15) is 0 Å². The third kappa shape index (κ3) is 12.7. The second-order valence-corrected chi connectivity index (χ2v) is 12.5. The van der Waals surface area contributed by atoms with Crippen molar-refractivity contribution in [2.45, 2.75) is 0 Å². The molecule has 31 heavy (non-hydrogen) atoms. The Balaban J connectivity index is 0. The fourth-order valence-electron chi connectivity index (χ4n) is 2.64. The molecule has 0 aromatic heterocycles. The standard InChI is InChI=1S/3C6H5.C5H5.3CO.Sn.W/c3*1-2-4-6-5-3-1;1-2-4-5-3-1;3*1-2;;/h3*1-5H;1-5H;;;;;. The van der Waals surface area contributed by atoms with Crippen LogP contribution >= 0.6 is 0 Å². The van der Waals surface area contributed by atoms with Crippen molar-refractivity contribution >= 4 is 30.5 Å². The summed E-state index contributed by atoms with van der Waals surface area (Å²) in [6, 6.07) is 32.9. The van der Waals surface area contributed by atoms with Crippen molar-refractivity contribution in [2.75, 3.05) is 0 Å². The van der Waals surface area contributed by atoms with Gasteiger partial charge in [0.15, 0.2) is 0 Å². The molecule has 0 saturated heterocycles. The molecule has 0 spiro atoms. The first-order valence-electron chi connectivity index (χ1n) is 8.76. The summed E-state index contributed by atoms with van der Waals surface area (Å²) in [4.78, 5) is 0. The van der Waals surface area contributed by atoms with Crippen LogP contribution in [0.15, 0.2) is 91.0 Å². The van der Waals surface area contributed by atoms with Gasteiger partial charge in [0.2, 0.25) is 0 Å². The molecule has 0 aliphatic heterocycles. The molecule has 152 valence electrons. The van der Waals surface area contributed by atoms with Gasteiger partial charge < -0.3 is 0 Å². The minimum absolute atomic E-state index is 0. The van der Waals surface area contributed by atoms with Crippen LogP contribution in [0.1, 0.15) is 0 Å². The Morgan fingerprint density at radius 1 is 0.387 bits per heavy atom. The maximum atomic E-state index is 7.50. The first kappa shape index (κ1) is 31.6. The van der Waals surface area contributed by atoms with E-state index in [0.717, 1.165) is 0 Å². The Labute approximate surface area is 207 Å². The fourth-order valence-corrected chi connectivity index (χ4v) is 9.99. The van der Waals surface area contributed by atoms with Crippen molar-refractivity contribution in [3.8, 4) is 0 Å². The van der Waals surface area contributed by atoms with Gasteiger partial charge in [-0.1, -0.05) is 0 Å². The second-order valence-electron chi connectivity index (χ2n) is 5.44. The Kier molecular flexibility index (Phi) is 23.4. The summed E-state index contributed by atoms with van der Waals surface area (Å²) in [5.41, 5.74) is 0. The van der Waals surface area contributed by atoms with Crippen LogP contribution in [0.2, 0.25) is 0 Å². The van der Waals surface area contributed by atoms with Crippen LogP contribution in [0, 0.1) is 52.1 Å². The summed E-state index contributed by atoms with van der Waals surface area (Å²) in [5.74, 6) is 0. The van der Waals surface area contributed by atoms with Gasteiger partial charge >= 0.3 is 155 Å². The van der Waals surface area contributed by atoms with Gasteiger partial charge in [0, 0.05) is 21.1 Å². The quantitative estimate of drug-likeness (QED) is 0.232. The topological polar surface area (TPSA) is 59.7 Å². The van der Waals surface area contributed by atoms with E-state index in [9.17, 15) is 0 Å². The first-order valence-corrected chi connectivity index (χ1v) is 13.0. The van der Waals surface area contributed by atoms with E-state index in [1.165, 1.54) is 10.7 Å². The molecular weight excluding hydrogens is 663 g/mol. The zero-order chi connectivity index (χ0) is 22.5. The summed E-state index contributed by atoms with van der Waals surface area (Å²) in [7, 11) is 0. The molecule has 1 aliphatic carbocycles. The van der Waals surface area contributed by atoms with Crippen molar-refractivity contribution in [2.24, 2.45) is 0 Å². The zero-order valence-electron chi connectivity index (χ0n) is 16.7. The molecule has 5 heteroatoms. The van der Waals surface area contributed by atoms with Crippen LogP contribution in [-0.2, 0) is 35.0 Å². The first-order chi connectivity index (χ1) is 14.9. The van der Waals surface area contributed by atoms with E-state index in [2.05, 4.69) is 111 Å². The summed E-state index contributed by atoms with van der Waals surface area (Å²) < 4.78 is 27.1. The van der Waals surface area contributed by atoms with Crippen LogP contribution in [0.3, 0.4) is 0 Å². The molecule has 3 aromatic rings. The number of rotatable bonds is 3. The zero-order valence-corrected chi connectivity index (χ0v) is 22.5. The van der Waals surface area contributed by atoms with E-state index >= 15 is 0 Å². The van der Waals surface area contributed by atoms with E-state index in [0.29, 0.717) is 0 Å². The van der Waals surface area contributed by atoms with Gasteiger partial charge in [-0.05, 0) is 32.1 Å². The number of hydrogen-bond acceptors (Lipinski definition) is 0. The molecule has 6 radical (unpaired) electrons. The van der Waals surface area contributed by atoms with Crippen molar-refractivity contribution in [1.82, 2.24) is 0 Å². The van der Waals surface area contributed by atoms with Crippen LogP contribution < -0.4 is 10.7 Å². The van der Waals surface area contributed by atoms with Crippen molar-refractivity contribution in [3.05, 3.63) is 143 Å². The van der Waals surface area contributed by atoms with Gasteiger partial charge in [-0.3, -0.25) is 0 Å². The average Bonchev–Trinajstić information content (AvgIpc) is 3.46. The Bertz CT molecular complexity index is 714. The van der Waals surface area contributed by atoms with Crippen LogP contribution in [0.4, 0.5) is 0 Å². The van der Waals surface area contributed by atoms with E-state index < -0.39 is 19.8 Å². The van der Waals surface area contributed by atoms with Gasteiger partial charge in [0.05, 0.1) is 0 Å².